The van der Waals surface area contributed by atoms with E-state index in [0.29, 0.717) is 0 Å². The number of hydrogen-bond acceptors (Lipinski definition) is 3. The van der Waals surface area contributed by atoms with Crippen molar-refractivity contribution in [3.8, 4) is 0 Å². The number of hydrogen-bond donors (Lipinski definition) is 1. The SMILES string of the molecule is CNC(c1cc2cccc(C)c2o1)c1ccncc1C. The van der Waals surface area contributed by atoms with E-state index in [1.165, 1.54) is 5.56 Å². The molecule has 102 valence electrons. The van der Waals surface area contributed by atoms with Crippen LogP contribution >= 0.6 is 0 Å². The van der Waals surface area contributed by atoms with Gasteiger partial charge in [0, 0.05) is 17.8 Å². The van der Waals surface area contributed by atoms with Crippen molar-refractivity contribution in [2.45, 2.75) is 19.9 Å². The molecule has 0 saturated heterocycles. The number of para-hydroxylation sites is 1. The molecule has 0 bridgehead atoms. The number of aryl methyl sites for hydroxylation is 2. The molecule has 2 aromatic heterocycles. The summed E-state index contributed by atoms with van der Waals surface area (Å²) in [5, 5.41) is 4.48. The Morgan fingerprint density at radius 3 is 2.70 bits per heavy atom. The molecule has 0 aliphatic heterocycles. The second-order valence-corrected chi connectivity index (χ2v) is 5.10. The van der Waals surface area contributed by atoms with E-state index in [1.54, 1.807) is 0 Å². The smallest absolute Gasteiger partial charge is 0.137 e. The number of nitrogens with zero attached hydrogens (tertiary/aromatic N) is 1. The summed E-state index contributed by atoms with van der Waals surface area (Å²) >= 11 is 0. The van der Waals surface area contributed by atoms with Gasteiger partial charge in [0.15, 0.2) is 0 Å². The molecule has 0 aliphatic carbocycles. The summed E-state index contributed by atoms with van der Waals surface area (Å²) in [5.41, 5.74) is 4.48. The summed E-state index contributed by atoms with van der Waals surface area (Å²) in [6.45, 7) is 4.14. The Kier molecular flexibility index (Phi) is 3.28. The maximum absolute atomic E-state index is 6.08. The molecule has 0 aliphatic rings. The van der Waals surface area contributed by atoms with Gasteiger partial charge in [0.05, 0.1) is 6.04 Å². The molecule has 1 aromatic carbocycles. The number of furan rings is 1. The fourth-order valence-corrected chi connectivity index (χ4v) is 2.63. The van der Waals surface area contributed by atoms with Crippen LogP contribution in [0.1, 0.15) is 28.5 Å². The minimum absolute atomic E-state index is 0.0461. The van der Waals surface area contributed by atoms with Gasteiger partial charge in [-0.05, 0) is 49.7 Å². The molecule has 0 fully saturated rings. The zero-order valence-electron chi connectivity index (χ0n) is 12.0. The summed E-state index contributed by atoms with van der Waals surface area (Å²) in [6.07, 6.45) is 3.70. The standard InChI is InChI=1S/C17H18N2O/c1-11-5-4-6-13-9-15(20-17(11)13)16(18-3)14-7-8-19-10-12(14)2/h4-10,16,18H,1-3H3. The van der Waals surface area contributed by atoms with Crippen molar-refractivity contribution in [2.75, 3.05) is 7.05 Å². The van der Waals surface area contributed by atoms with Crippen LogP contribution in [-0.4, -0.2) is 12.0 Å². The van der Waals surface area contributed by atoms with Crippen molar-refractivity contribution in [1.29, 1.82) is 0 Å². The van der Waals surface area contributed by atoms with E-state index in [4.69, 9.17) is 4.42 Å². The van der Waals surface area contributed by atoms with Crippen LogP contribution < -0.4 is 5.32 Å². The predicted octanol–water partition coefficient (Wildman–Crippen LogP) is 3.75. The minimum atomic E-state index is 0.0461. The molecular formula is C17H18N2O. The Morgan fingerprint density at radius 1 is 1.15 bits per heavy atom. The maximum Gasteiger partial charge on any atom is 0.137 e. The lowest BCUT2D eigenvalue weighted by Gasteiger charge is -2.16. The number of rotatable bonds is 3. The Labute approximate surface area is 118 Å². The van der Waals surface area contributed by atoms with Crippen LogP contribution in [0.25, 0.3) is 11.0 Å². The van der Waals surface area contributed by atoms with E-state index < -0.39 is 0 Å². The zero-order chi connectivity index (χ0) is 14.1. The number of fused-ring (bicyclic) bond motifs is 1. The summed E-state index contributed by atoms with van der Waals surface area (Å²) in [7, 11) is 1.95. The van der Waals surface area contributed by atoms with E-state index in [0.717, 1.165) is 27.9 Å². The van der Waals surface area contributed by atoms with Crippen molar-refractivity contribution in [2.24, 2.45) is 0 Å². The molecule has 3 aromatic rings. The average molecular weight is 266 g/mol. The third-order valence-corrected chi connectivity index (χ3v) is 3.71. The van der Waals surface area contributed by atoms with Crippen LogP contribution in [0.5, 0.6) is 0 Å². The molecule has 0 amide bonds. The monoisotopic (exact) mass is 266 g/mol. The Hall–Kier alpha value is -2.13. The molecule has 20 heavy (non-hydrogen) atoms. The topological polar surface area (TPSA) is 38.1 Å². The molecule has 3 nitrogen and oxygen atoms in total. The zero-order valence-corrected chi connectivity index (χ0v) is 12.0. The highest BCUT2D eigenvalue weighted by atomic mass is 16.3. The first kappa shape index (κ1) is 12.9. The van der Waals surface area contributed by atoms with Gasteiger partial charge in [-0.15, -0.1) is 0 Å². The summed E-state index contributed by atoms with van der Waals surface area (Å²) in [6, 6.07) is 10.4. The summed E-state index contributed by atoms with van der Waals surface area (Å²) in [5.74, 6) is 0.936. The quantitative estimate of drug-likeness (QED) is 0.784. The van der Waals surface area contributed by atoms with Crippen molar-refractivity contribution < 1.29 is 4.42 Å². The van der Waals surface area contributed by atoms with Gasteiger partial charge in [-0.2, -0.15) is 0 Å². The minimum Gasteiger partial charge on any atom is -0.459 e. The van der Waals surface area contributed by atoms with Crippen molar-refractivity contribution in [1.82, 2.24) is 10.3 Å². The van der Waals surface area contributed by atoms with Crippen molar-refractivity contribution >= 4 is 11.0 Å². The van der Waals surface area contributed by atoms with Crippen LogP contribution in [0, 0.1) is 13.8 Å². The third kappa shape index (κ3) is 2.10. The molecule has 3 heteroatoms. The molecule has 0 saturated carbocycles. The average Bonchev–Trinajstić information content (AvgIpc) is 2.87. The first-order valence-corrected chi connectivity index (χ1v) is 6.77. The van der Waals surface area contributed by atoms with Gasteiger partial charge in [-0.1, -0.05) is 18.2 Å². The highest BCUT2D eigenvalue weighted by molar-refractivity contribution is 5.81. The second-order valence-electron chi connectivity index (χ2n) is 5.10. The molecule has 0 radical (unpaired) electrons. The highest BCUT2D eigenvalue weighted by Gasteiger charge is 2.18. The Morgan fingerprint density at radius 2 is 2.00 bits per heavy atom. The first-order valence-electron chi connectivity index (χ1n) is 6.77. The van der Waals surface area contributed by atoms with Gasteiger partial charge in [0.1, 0.15) is 11.3 Å². The lowest BCUT2D eigenvalue weighted by Crippen LogP contribution is -2.18. The van der Waals surface area contributed by atoms with Gasteiger partial charge in [0.2, 0.25) is 0 Å². The normalized spacial score (nSPS) is 12.8. The molecular weight excluding hydrogens is 248 g/mol. The van der Waals surface area contributed by atoms with Crippen LogP contribution in [0.4, 0.5) is 0 Å². The van der Waals surface area contributed by atoms with Gasteiger partial charge < -0.3 is 9.73 Å². The van der Waals surface area contributed by atoms with Crippen molar-refractivity contribution in [3.63, 3.8) is 0 Å². The van der Waals surface area contributed by atoms with Gasteiger partial charge >= 0.3 is 0 Å². The third-order valence-electron chi connectivity index (χ3n) is 3.71. The fourth-order valence-electron chi connectivity index (χ4n) is 2.63. The van der Waals surface area contributed by atoms with Crippen LogP contribution in [0.3, 0.4) is 0 Å². The number of aromatic nitrogens is 1. The van der Waals surface area contributed by atoms with E-state index in [2.05, 4.69) is 48.4 Å². The lowest BCUT2D eigenvalue weighted by molar-refractivity contribution is 0.489. The first-order chi connectivity index (χ1) is 9.70. The molecule has 2 heterocycles. The van der Waals surface area contributed by atoms with E-state index >= 15 is 0 Å². The summed E-state index contributed by atoms with van der Waals surface area (Å²) < 4.78 is 6.08. The summed E-state index contributed by atoms with van der Waals surface area (Å²) in [4.78, 5) is 4.15. The molecule has 3 rings (SSSR count). The molecule has 1 N–H and O–H groups in total. The van der Waals surface area contributed by atoms with Crippen LogP contribution in [0.2, 0.25) is 0 Å². The van der Waals surface area contributed by atoms with Crippen LogP contribution in [-0.2, 0) is 0 Å². The molecule has 0 spiro atoms. The van der Waals surface area contributed by atoms with E-state index in [-0.39, 0.29) is 6.04 Å². The largest absolute Gasteiger partial charge is 0.459 e. The van der Waals surface area contributed by atoms with Crippen LogP contribution in [0.15, 0.2) is 47.1 Å². The van der Waals surface area contributed by atoms with Gasteiger partial charge in [0.25, 0.3) is 0 Å². The van der Waals surface area contributed by atoms with Crippen molar-refractivity contribution in [3.05, 3.63) is 65.2 Å². The number of benzene rings is 1. The highest BCUT2D eigenvalue weighted by Crippen LogP contribution is 2.30. The Balaban J connectivity index is 2.12. The molecule has 1 unspecified atom stereocenters. The second kappa shape index (κ2) is 5.10. The van der Waals surface area contributed by atoms with Gasteiger partial charge in [-0.25, -0.2) is 0 Å². The maximum atomic E-state index is 6.08. The predicted molar refractivity (Wildman–Crippen MR) is 80.8 cm³/mol. The van der Waals surface area contributed by atoms with E-state index in [9.17, 15) is 0 Å². The Bertz CT molecular complexity index is 746. The number of nitrogens with one attached hydrogen (secondary N) is 1. The van der Waals surface area contributed by atoms with E-state index in [1.807, 2.05) is 25.5 Å². The lowest BCUT2D eigenvalue weighted by atomic mass is 10.0. The molecule has 1 atom stereocenters. The fraction of sp³-hybridized carbons (Fsp3) is 0.235. The van der Waals surface area contributed by atoms with Gasteiger partial charge in [-0.3, -0.25) is 4.98 Å². The number of pyridine rings is 1.